The van der Waals surface area contributed by atoms with E-state index in [4.69, 9.17) is 19.7 Å². The summed E-state index contributed by atoms with van der Waals surface area (Å²) in [7, 11) is 1.19. The molecule has 0 bridgehead atoms. The number of hydrogen-bond acceptors (Lipinski definition) is 7. The van der Waals surface area contributed by atoms with Gasteiger partial charge in [-0.2, -0.15) is 0 Å². The van der Waals surface area contributed by atoms with Crippen LogP contribution < -0.4 is 0 Å². The molecule has 9 heteroatoms. The molecule has 2 fully saturated rings. The van der Waals surface area contributed by atoms with Crippen molar-refractivity contribution in [2.24, 2.45) is 5.11 Å². The minimum atomic E-state index is -1.37. The zero-order valence-electron chi connectivity index (χ0n) is 12.9. The van der Waals surface area contributed by atoms with Crippen molar-refractivity contribution in [3.05, 3.63) is 46.3 Å². The highest BCUT2D eigenvalue weighted by Gasteiger charge is 2.51. The molecule has 1 aromatic carbocycles. The Balaban J connectivity index is 1.83. The summed E-state index contributed by atoms with van der Waals surface area (Å²) in [5, 5.41) is 14.0. The van der Waals surface area contributed by atoms with Gasteiger partial charge in [-0.1, -0.05) is 35.4 Å². The number of aliphatic hydroxyl groups is 1. The van der Waals surface area contributed by atoms with E-state index in [1.807, 2.05) is 30.3 Å². The fourth-order valence-electron chi connectivity index (χ4n) is 2.90. The molecule has 6 atom stereocenters. The van der Waals surface area contributed by atoms with Gasteiger partial charge in [0.2, 0.25) is 0 Å². The second-order valence-corrected chi connectivity index (χ2v) is 5.48. The number of rotatable bonds is 3. The van der Waals surface area contributed by atoms with Crippen LogP contribution in [0.3, 0.4) is 0 Å². The molecular weight excluding hydrogens is 318 g/mol. The summed E-state index contributed by atoms with van der Waals surface area (Å²) in [5.74, 6) is -0.746. The van der Waals surface area contributed by atoms with E-state index in [9.17, 15) is 9.90 Å². The summed E-state index contributed by atoms with van der Waals surface area (Å²) < 4.78 is 21.7. The third kappa shape index (κ3) is 3.08. The lowest BCUT2D eigenvalue weighted by Gasteiger charge is -2.46. The Morgan fingerprint density at radius 1 is 1.38 bits per heavy atom. The first-order valence-electron chi connectivity index (χ1n) is 7.43. The second kappa shape index (κ2) is 7.16. The number of methoxy groups -OCH3 is 1. The Labute approximate surface area is 137 Å². The Hall–Kier alpha value is -2.16. The quantitative estimate of drug-likeness (QED) is 0.381. The fraction of sp³-hybridized carbons (Fsp3) is 0.533. The number of hydrogen-bond donors (Lipinski definition) is 1. The van der Waals surface area contributed by atoms with Crippen LogP contribution in [0.5, 0.6) is 0 Å². The van der Waals surface area contributed by atoms with Crippen LogP contribution in [0.4, 0.5) is 0 Å². The molecule has 3 rings (SSSR count). The van der Waals surface area contributed by atoms with Crippen LogP contribution in [-0.2, 0) is 23.7 Å². The molecule has 9 nitrogen and oxygen atoms in total. The zero-order chi connectivity index (χ0) is 17.1. The minimum absolute atomic E-state index is 0.127. The van der Waals surface area contributed by atoms with Crippen molar-refractivity contribution in [3.8, 4) is 0 Å². The average molecular weight is 335 g/mol. The number of aliphatic hydroxyl groups excluding tert-OH is 1. The maximum Gasteiger partial charge on any atom is 0.337 e. The van der Waals surface area contributed by atoms with E-state index in [2.05, 4.69) is 14.8 Å². The highest BCUT2D eigenvalue weighted by molar-refractivity contribution is 5.75. The van der Waals surface area contributed by atoms with Gasteiger partial charge in [0.15, 0.2) is 12.4 Å². The monoisotopic (exact) mass is 335 g/mol. The van der Waals surface area contributed by atoms with E-state index in [1.165, 1.54) is 7.11 Å². The van der Waals surface area contributed by atoms with Gasteiger partial charge >= 0.3 is 5.97 Å². The third-order valence-electron chi connectivity index (χ3n) is 4.07. The topological polar surface area (TPSA) is 123 Å². The predicted molar refractivity (Wildman–Crippen MR) is 79.6 cm³/mol. The zero-order valence-corrected chi connectivity index (χ0v) is 12.9. The van der Waals surface area contributed by atoms with Crippen molar-refractivity contribution in [2.45, 2.75) is 36.7 Å². The van der Waals surface area contributed by atoms with Crippen LogP contribution in [0.1, 0.15) is 11.9 Å². The van der Waals surface area contributed by atoms with Crippen molar-refractivity contribution in [2.75, 3.05) is 13.7 Å². The molecule has 1 aromatic rings. The summed E-state index contributed by atoms with van der Waals surface area (Å²) >= 11 is 0. The van der Waals surface area contributed by atoms with E-state index in [1.54, 1.807) is 0 Å². The van der Waals surface area contributed by atoms with Crippen LogP contribution in [0.2, 0.25) is 0 Å². The smallest absolute Gasteiger partial charge is 0.337 e. The third-order valence-corrected chi connectivity index (χ3v) is 4.07. The Morgan fingerprint density at radius 2 is 2.12 bits per heavy atom. The number of fused-ring (bicyclic) bond motifs is 1. The molecule has 2 aliphatic rings. The molecule has 0 aromatic heterocycles. The van der Waals surface area contributed by atoms with Crippen molar-refractivity contribution < 1.29 is 28.8 Å². The fourth-order valence-corrected chi connectivity index (χ4v) is 2.90. The molecule has 0 spiro atoms. The summed E-state index contributed by atoms with van der Waals surface area (Å²) in [6, 6.07) is 8.24. The molecule has 0 saturated carbocycles. The van der Waals surface area contributed by atoms with Gasteiger partial charge in [-0.15, -0.1) is 0 Å². The lowest BCUT2D eigenvalue weighted by atomic mass is 9.92. The van der Waals surface area contributed by atoms with Crippen LogP contribution in [0.15, 0.2) is 35.4 Å². The van der Waals surface area contributed by atoms with Gasteiger partial charge in [0.05, 0.1) is 19.8 Å². The number of carbonyl (C=O) groups is 1. The predicted octanol–water partition coefficient (Wildman–Crippen LogP) is 1.08. The van der Waals surface area contributed by atoms with Crippen molar-refractivity contribution in [3.63, 3.8) is 0 Å². The van der Waals surface area contributed by atoms with E-state index in [-0.39, 0.29) is 6.61 Å². The summed E-state index contributed by atoms with van der Waals surface area (Å²) in [6.07, 6.45) is -4.70. The lowest BCUT2D eigenvalue weighted by Crippen LogP contribution is -2.62. The van der Waals surface area contributed by atoms with Gasteiger partial charge in [-0.25, -0.2) is 4.79 Å². The number of esters is 1. The highest BCUT2D eigenvalue weighted by atomic mass is 16.7. The summed E-state index contributed by atoms with van der Waals surface area (Å²) in [4.78, 5) is 14.5. The van der Waals surface area contributed by atoms with Crippen LogP contribution >= 0.6 is 0 Å². The van der Waals surface area contributed by atoms with E-state index >= 15 is 0 Å². The van der Waals surface area contributed by atoms with Crippen molar-refractivity contribution in [1.82, 2.24) is 0 Å². The van der Waals surface area contributed by atoms with Gasteiger partial charge in [-0.05, 0) is 5.53 Å². The van der Waals surface area contributed by atoms with Crippen LogP contribution in [0, 0.1) is 0 Å². The largest absolute Gasteiger partial charge is 0.467 e. The van der Waals surface area contributed by atoms with Crippen LogP contribution in [-0.4, -0.2) is 55.3 Å². The Bertz CT molecular complexity index is 635. The molecule has 128 valence electrons. The molecule has 0 radical (unpaired) electrons. The maximum atomic E-state index is 11.8. The van der Waals surface area contributed by atoms with Crippen molar-refractivity contribution >= 4 is 5.97 Å². The first kappa shape index (κ1) is 16.7. The van der Waals surface area contributed by atoms with Gasteiger partial charge in [-0.3, -0.25) is 0 Å². The summed E-state index contributed by atoms with van der Waals surface area (Å²) in [6.45, 7) is 0.127. The van der Waals surface area contributed by atoms with E-state index in [0.717, 1.165) is 5.56 Å². The second-order valence-electron chi connectivity index (χ2n) is 5.48. The van der Waals surface area contributed by atoms with Gasteiger partial charge in [0, 0.05) is 10.5 Å². The average Bonchev–Trinajstić information content (AvgIpc) is 2.63. The van der Waals surface area contributed by atoms with Gasteiger partial charge in [0.1, 0.15) is 18.3 Å². The van der Waals surface area contributed by atoms with E-state index in [0.29, 0.717) is 0 Å². The minimum Gasteiger partial charge on any atom is -0.467 e. The molecule has 2 heterocycles. The van der Waals surface area contributed by atoms with Gasteiger partial charge in [0.25, 0.3) is 0 Å². The molecule has 0 amide bonds. The number of carbonyl (C=O) groups excluding carboxylic acids is 1. The van der Waals surface area contributed by atoms with Crippen molar-refractivity contribution in [1.29, 1.82) is 0 Å². The van der Waals surface area contributed by atoms with E-state index < -0.39 is 42.7 Å². The number of benzene rings is 1. The molecule has 3 unspecified atom stereocenters. The normalized spacial score (nSPS) is 35.4. The molecule has 24 heavy (non-hydrogen) atoms. The molecule has 2 aliphatic heterocycles. The first-order valence-corrected chi connectivity index (χ1v) is 7.43. The maximum absolute atomic E-state index is 11.8. The van der Waals surface area contributed by atoms with Gasteiger partial charge < -0.3 is 24.1 Å². The molecule has 0 aliphatic carbocycles. The standard InChI is InChI=1S/C15H17N3O6/c1-21-14(20)13-11(19)10(17-18-16)12-9(23-13)7-22-15(24-12)8-5-3-2-4-6-8/h2-6,9-13,15,19H,7H2,1H3/t9?,10-,11?,12+,13-,15?/m1/s1. The van der Waals surface area contributed by atoms with Crippen LogP contribution in [0.25, 0.3) is 10.4 Å². The molecule has 2 saturated heterocycles. The lowest BCUT2D eigenvalue weighted by molar-refractivity contribution is -0.305. The molecular formula is C15H17N3O6. The number of azide groups is 1. The first-order chi connectivity index (χ1) is 11.7. The number of nitrogens with zero attached hydrogens (tertiary/aromatic N) is 3. The number of ether oxygens (including phenoxy) is 4. The Kier molecular flexibility index (Phi) is 4.98. The highest BCUT2D eigenvalue weighted by Crippen LogP contribution is 2.35. The summed E-state index contributed by atoms with van der Waals surface area (Å²) in [5.41, 5.74) is 9.59. The SMILES string of the molecule is COC(=O)[C@@H]1OC2COC(c3ccccc3)O[C@@H]2[C@H](N=[N+]=[N-])C1O. The molecule has 1 N–H and O–H groups in total. The Morgan fingerprint density at radius 3 is 2.79 bits per heavy atom.